The van der Waals surface area contributed by atoms with Crippen LogP contribution >= 0.6 is 0 Å². The lowest BCUT2D eigenvalue weighted by Gasteiger charge is -2.51. The summed E-state index contributed by atoms with van der Waals surface area (Å²) in [4.78, 5) is 4.57. The van der Waals surface area contributed by atoms with E-state index in [4.69, 9.17) is 14.7 Å². The molecule has 1 aliphatic carbocycles. The van der Waals surface area contributed by atoms with Crippen LogP contribution in [0.15, 0.2) is 0 Å². The molecule has 1 saturated carbocycles. The van der Waals surface area contributed by atoms with Gasteiger partial charge in [-0.1, -0.05) is 20.3 Å². The van der Waals surface area contributed by atoms with Gasteiger partial charge in [-0.3, -0.25) is 0 Å². The molecule has 0 spiro atoms. The van der Waals surface area contributed by atoms with Gasteiger partial charge in [0, 0.05) is 18.3 Å². The minimum Gasteiger partial charge on any atom is -0.368 e. The maximum atomic E-state index is 10.1. The molecule has 0 amide bonds. The molecule has 116 valence electrons. The van der Waals surface area contributed by atoms with E-state index in [1.165, 1.54) is 6.42 Å². The summed E-state index contributed by atoms with van der Waals surface area (Å²) in [5, 5.41) is 19.3. The van der Waals surface area contributed by atoms with Crippen molar-refractivity contribution in [1.82, 2.24) is 0 Å². The van der Waals surface area contributed by atoms with Gasteiger partial charge in [-0.05, 0) is 37.5 Å². The van der Waals surface area contributed by atoms with Crippen molar-refractivity contribution in [3.05, 3.63) is 0 Å². The first-order chi connectivity index (χ1) is 9.45. The Labute approximate surface area is 120 Å². The molecule has 0 aromatic rings. The van der Waals surface area contributed by atoms with Gasteiger partial charge in [0.1, 0.15) is 0 Å². The van der Waals surface area contributed by atoms with Gasteiger partial charge in [0.05, 0.1) is 0 Å². The monoisotopic (exact) mass is 286 g/mol. The summed E-state index contributed by atoms with van der Waals surface area (Å²) in [6.07, 6.45) is 2.62. The fraction of sp³-hybridized carbons (Fsp3) is 1.00. The first-order valence-corrected chi connectivity index (χ1v) is 7.79. The molecule has 3 fully saturated rings. The molecular weight excluding hydrogens is 260 g/mol. The van der Waals surface area contributed by atoms with Gasteiger partial charge < -0.3 is 14.6 Å². The average Bonchev–Trinajstić information content (AvgIpc) is 2.57. The lowest BCUT2D eigenvalue weighted by Crippen LogP contribution is -2.53. The Bertz CT molecular complexity index is 362. The van der Waals surface area contributed by atoms with Gasteiger partial charge in [-0.25, -0.2) is 10.1 Å². The Morgan fingerprint density at radius 2 is 1.90 bits per heavy atom. The zero-order valence-electron chi connectivity index (χ0n) is 12.5. The second kappa shape index (κ2) is 5.21. The predicted octanol–water partition coefficient (Wildman–Crippen LogP) is 2.59. The summed E-state index contributed by atoms with van der Waals surface area (Å²) in [6, 6.07) is 0. The quantitative estimate of drug-likeness (QED) is 0.573. The normalized spacial score (nSPS) is 56.0. The van der Waals surface area contributed by atoms with Crippen LogP contribution in [-0.2, 0) is 14.4 Å². The highest BCUT2D eigenvalue weighted by atomic mass is 17.1. The third-order valence-electron chi connectivity index (χ3n) is 5.88. The number of aliphatic hydroxyl groups is 1. The zero-order chi connectivity index (χ0) is 14.5. The van der Waals surface area contributed by atoms with Crippen LogP contribution in [0, 0.1) is 29.6 Å². The van der Waals surface area contributed by atoms with Crippen LogP contribution in [0.4, 0.5) is 0 Å². The van der Waals surface area contributed by atoms with Crippen molar-refractivity contribution < 1.29 is 24.7 Å². The zero-order valence-corrected chi connectivity index (χ0v) is 12.5. The van der Waals surface area contributed by atoms with Gasteiger partial charge in [-0.2, -0.15) is 0 Å². The topological polar surface area (TPSA) is 68.2 Å². The highest BCUT2D eigenvalue weighted by Crippen LogP contribution is 2.53. The van der Waals surface area contributed by atoms with E-state index in [1.807, 2.05) is 0 Å². The van der Waals surface area contributed by atoms with E-state index in [2.05, 4.69) is 18.7 Å². The number of aliphatic hydroxyl groups excluding tert-OH is 1. The van der Waals surface area contributed by atoms with Crippen molar-refractivity contribution >= 4 is 0 Å². The van der Waals surface area contributed by atoms with Crippen LogP contribution in [-0.4, -0.2) is 28.7 Å². The average molecular weight is 286 g/mol. The Kier molecular flexibility index (Phi) is 3.84. The molecule has 6 unspecified atom stereocenters. The summed E-state index contributed by atoms with van der Waals surface area (Å²) in [5.41, 5.74) is 0. The first kappa shape index (κ1) is 14.7. The minimum absolute atomic E-state index is 0.134. The summed E-state index contributed by atoms with van der Waals surface area (Å²) in [7, 11) is 0. The lowest BCUT2D eigenvalue weighted by atomic mass is 9.61. The number of ether oxygens (including phenoxy) is 2. The first-order valence-electron chi connectivity index (χ1n) is 7.79. The van der Waals surface area contributed by atoms with Crippen LogP contribution in [0.25, 0.3) is 0 Å². The van der Waals surface area contributed by atoms with E-state index in [0.717, 1.165) is 12.8 Å². The summed E-state index contributed by atoms with van der Waals surface area (Å²) >= 11 is 0. The molecule has 0 bridgehead atoms. The Hall–Kier alpha value is -0.200. The van der Waals surface area contributed by atoms with Gasteiger partial charge in [0.15, 0.2) is 12.6 Å². The van der Waals surface area contributed by atoms with Crippen molar-refractivity contribution in [1.29, 1.82) is 0 Å². The standard InChI is InChI=1S/C15H26O5/c1-8-4-5-11-9(2)13(16)18-14-12(11)10(8)6-7-15(3,19-14)20-17/h8-14,16-17H,4-7H2,1-3H3/t8-,9-,10?,11?,12?,13?,14?,15?/m1/s1. The molecule has 20 heavy (non-hydrogen) atoms. The summed E-state index contributed by atoms with van der Waals surface area (Å²) in [6.45, 7) is 6.08. The maximum Gasteiger partial charge on any atom is 0.201 e. The maximum absolute atomic E-state index is 10.1. The van der Waals surface area contributed by atoms with Gasteiger partial charge in [-0.15, -0.1) is 0 Å². The molecule has 2 aliphatic heterocycles. The van der Waals surface area contributed by atoms with E-state index < -0.39 is 18.4 Å². The van der Waals surface area contributed by atoms with Gasteiger partial charge >= 0.3 is 0 Å². The molecule has 2 saturated heterocycles. The van der Waals surface area contributed by atoms with Gasteiger partial charge in [0.25, 0.3) is 0 Å². The summed E-state index contributed by atoms with van der Waals surface area (Å²) in [5.74, 6) is 0.932. The highest BCUT2D eigenvalue weighted by molar-refractivity contribution is 4.95. The Morgan fingerprint density at radius 1 is 1.15 bits per heavy atom. The lowest BCUT2D eigenvalue weighted by molar-refractivity contribution is -0.442. The Morgan fingerprint density at radius 3 is 2.60 bits per heavy atom. The molecule has 2 N–H and O–H groups in total. The molecule has 0 aromatic carbocycles. The Balaban J connectivity index is 1.92. The minimum atomic E-state index is -1.04. The molecule has 2 heterocycles. The van der Waals surface area contributed by atoms with E-state index in [0.29, 0.717) is 24.2 Å². The van der Waals surface area contributed by atoms with Gasteiger partial charge in [0.2, 0.25) is 5.79 Å². The predicted molar refractivity (Wildman–Crippen MR) is 71.3 cm³/mol. The van der Waals surface area contributed by atoms with E-state index in [1.54, 1.807) is 6.92 Å². The van der Waals surface area contributed by atoms with E-state index in [9.17, 15) is 5.11 Å². The number of rotatable bonds is 1. The fourth-order valence-corrected chi connectivity index (χ4v) is 4.52. The SMILES string of the molecule is C[C@H]1C(O)OC2OC(C)(OO)CCC3C2C1CC[C@H]3C. The van der Waals surface area contributed by atoms with Crippen molar-refractivity contribution in [2.75, 3.05) is 0 Å². The largest absolute Gasteiger partial charge is 0.368 e. The third kappa shape index (κ3) is 2.29. The highest BCUT2D eigenvalue weighted by Gasteiger charge is 2.54. The smallest absolute Gasteiger partial charge is 0.201 e. The van der Waals surface area contributed by atoms with Crippen molar-refractivity contribution in [2.45, 2.75) is 64.8 Å². The molecular formula is C15H26O5. The van der Waals surface area contributed by atoms with Crippen molar-refractivity contribution in [3.8, 4) is 0 Å². The number of hydrogen-bond donors (Lipinski definition) is 2. The van der Waals surface area contributed by atoms with Crippen LogP contribution in [0.3, 0.4) is 0 Å². The van der Waals surface area contributed by atoms with E-state index >= 15 is 0 Å². The van der Waals surface area contributed by atoms with Crippen molar-refractivity contribution in [2.24, 2.45) is 29.6 Å². The van der Waals surface area contributed by atoms with Crippen LogP contribution in [0.2, 0.25) is 0 Å². The number of hydrogen-bond acceptors (Lipinski definition) is 5. The van der Waals surface area contributed by atoms with E-state index in [-0.39, 0.29) is 11.8 Å². The molecule has 3 aliphatic rings. The molecule has 5 nitrogen and oxygen atoms in total. The second-order valence-electron chi connectivity index (χ2n) is 7.10. The van der Waals surface area contributed by atoms with Crippen LogP contribution < -0.4 is 0 Å². The van der Waals surface area contributed by atoms with Crippen molar-refractivity contribution in [3.63, 3.8) is 0 Å². The second-order valence-corrected chi connectivity index (χ2v) is 7.10. The molecule has 0 radical (unpaired) electrons. The third-order valence-corrected chi connectivity index (χ3v) is 5.88. The van der Waals surface area contributed by atoms with Crippen LogP contribution in [0.1, 0.15) is 46.5 Å². The molecule has 0 aromatic heterocycles. The molecule has 5 heteroatoms. The summed E-state index contributed by atoms with van der Waals surface area (Å²) < 4.78 is 11.6. The molecule has 3 rings (SSSR count). The molecule has 8 atom stereocenters. The fourth-order valence-electron chi connectivity index (χ4n) is 4.52. The van der Waals surface area contributed by atoms with Crippen LogP contribution in [0.5, 0.6) is 0 Å².